The van der Waals surface area contributed by atoms with Gasteiger partial charge in [0.15, 0.2) is 6.10 Å². The lowest BCUT2D eigenvalue weighted by molar-refractivity contribution is -0.120. The third-order valence-electron chi connectivity index (χ3n) is 7.87. The van der Waals surface area contributed by atoms with E-state index in [9.17, 15) is 24.0 Å². The van der Waals surface area contributed by atoms with E-state index in [-0.39, 0.29) is 34.9 Å². The van der Waals surface area contributed by atoms with E-state index < -0.39 is 60.0 Å². The highest BCUT2D eigenvalue weighted by Gasteiger charge is 2.35. The van der Waals surface area contributed by atoms with Gasteiger partial charge < -0.3 is 45.9 Å². The Morgan fingerprint density at radius 1 is 1.04 bits per heavy atom. The molecule has 0 fully saturated rings. The Balaban J connectivity index is 2.70. The third-order valence-corrected chi connectivity index (χ3v) is 7.87. The molecule has 0 unspecified atom stereocenters. The second-order valence-corrected chi connectivity index (χ2v) is 12.1. The highest BCUT2D eigenvalue weighted by Crippen LogP contribution is 2.30. The van der Waals surface area contributed by atoms with Gasteiger partial charge >= 0.3 is 12.2 Å². The van der Waals surface area contributed by atoms with Crippen LogP contribution in [0.25, 0.3) is 0 Å². The number of nitrogens with zero attached hydrogens (tertiary/aromatic N) is 1. The van der Waals surface area contributed by atoms with Gasteiger partial charge in [-0.1, -0.05) is 38.2 Å². The summed E-state index contributed by atoms with van der Waals surface area (Å²) in [4.78, 5) is 66.1. The van der Waals surface area contributed by atoms with Crippen molar-refractivity contribution in [3.8, 4) is 0 Å². The number of ketones is 2. The number of hydrogen-bond acceptors (Lipinski definition) is 11. The number of hydrogen-bond donors (Lipinski definition) is 4. The minimum atomic E-state index is -1.03. The van der Waals surface area contributed by atoms with Crippen molar-refractivity contribution in [2.24, 2.45) is 23.3 Å². The second kappa shape index (κ2) is 18.2. The maximum absolute atomic E-state index is 13.8. The molecule has 0 spiro atoms. The van der Waals surface area contributed by atoms with Crippen LogP contribution in [-0.2, 0) is 33.3 Å². The molecule has 2 aliphatic rings. The Bertz CT molecular complexity index is 1350. The number of methoxy groups -OCH3 is 2. The number of amides is 3. The molecule has 47 heavy (non-hydrogen) atoms. The summed E-state index contributed by atoms with van der Waals surface area (Å²) in [5.41, 5.74) is 11.9. The molecule has 14 nitrogen and oxygen atoms in total. The maximum atomic E-state index is 13.8. The molecule has 260 valence electrons. The number of fused-ring (bicyclic) bond motifs is 2. The summed E-state index contributed by atoms with van der Waals surface area (Å²) in [5, 5.41) is 5.69. The normalized spacial score (nSPS) is 29.6. The average Bonchev–Trinajstić information content (AvgIpc) is 2.98. The first kappa shape index (κ1) is 38.9. The van der Waals surface area contributed by atoms with Gasteiger partial charge in [-0.25, -0.2) is 9.59 Å². The van der Waals surface area contributed by atoms with Gasteiger partial charge in [0.1, 0.15) is 12.2 Å². The third kappa shape index (κ3) is 11.5. The van der Waals surface area contributed by atoms with E-state index in [1.54, 1.807) is 32.9 Å². The van der Waals surface area contributed by atoms with Crippen LogP contribution >= 0.6 is 0 Å². The van der Waals surface area contributed by atoms with Crippen LogP contribution < -0.4 is 22.1 Å². The number of primary amides is 2. The molecule has 0 aromatic carbocycles. The first-order valence-corrected chi connectivity index (χ1v) is 15.3. The van der Waals surface area contributed by atoms with Crippen LogP contribution in [0.1, 0.15) is 40.5 Å². The number of nitrogens with one attached hydrogen (secondary N) is 2. The van der Waals surface area contributed by atoms with Gasteiger partial charge in [-0.05, 0) is 52.3 Å². The van der Waals surface area contributed by atoms with Crippen LogP contribution in [0, 0.1) is 11.8 Å². The zero-order valence-corrected chi connectivity index (χ0v) is 28.5. The summed E-state index contributed by atoms with van der Waals surface area (Å²) in [6.45, 7) is 7.93. The quantitative estimate of drug-likeness (QED) is 0.219. The van der Waals surface area contributed by atoms with E-state index in [4.69, 9.17) is 30.4 Å². The number of Topliss-reactive ketones (excluding diaryl/α,β-unsaturated/α-hetero) is 1. The Kier molecular flexibility index (Phi) is 15.0. The highest BCUT2D eigenvalue weighted by molar-refractivity contribution is 6.23. The van der Waals surface area contributed by atoms with Crippen molar-refractivity contribution >= 4 is 29.7 Å². The van der Waals surface area contributed by atoms with Crippen molar-refractivity contribution in [3.63, 3.8) is 0 Å². The molecule has 1 heterocycles. The smallest absolute Gasteiger partial charge is 0.405 e. The van der Waals surface area contributed by atoms with Crippen LogP contribution in [0.2, 0.25) is 0 Å². The van der Waals surface area contributed by atoms with E-state index >= 15 is 0 Å². The van der Waals surface area contributed by atoms with E-state index in [2.05, 4.69) is 10.6 Å². The molecule has 6 N–H and O–H groups in total. The van der Waals surface area contributed by atoms with Crippen molar-refractivity contribution in [3.05, 3.63) is 58.5 Å². The van der Waals surface area contributed by atoms with E-state index in [1.807, 2.05) is 25.9 Å². The van der Waals surface area contributed by atoms with Gasteiger partial charge in [0.05, 0.1) is 17.5 Å². The monoisotopic (exact) mass is 659 g/mol. The summed E-state index contributed by atoms with van der Waals surface area (Å²) >= 11 is 0. The largest absolute Gasteiger partial charge is 0.443 e. The SMILES string of the molecule is CO[C@@H]1/C=C\C=C(/C)C(=O)NC2=CC(=O)C(NCCN(C)C)=C(C[C@H](C)C[C@@H](OC)[C@@H](OC(N)=O)[C@H](C)/C=C(\C)[C@H]1OC(N)=O)C2=O. The molecule has 14 heteroatoms. The van der Waals surface area contributed by atoms with Crippen LogP contribution in [0.3, 0.4) is 0 Å². The number of carbonyl (C=O) groups excluding carboxylic acids is 5. The molecule has 3 amide bonds. The molecule has 6 atom stereocenters. The highest BCUT2D eigenvalue weighted by atomic mass is 16.6. The van der Waals surface area contributed by atoms with Crippen LogP contribution in [0.4, 0.5) is 9.59 Å². The molecular formula is C33H49N5O9. The van der Waals surface area contributed by atoms with Crippen molar-refractivity contribution in [1.29, 1.82) is 0 Å². The zero-order chi connectivity index (χ0) is 35.4. The summed E-state index contributed by atoms with van der Waals surface area (Å²) < 4.78 is 22.3. The van der Waals surface area contributed by atoms with E-state index in [1.165, 1.54) is 26.4 Å². The number of likely N-dealkylation sites (N-methyl/N-ethyl adjacent to an activating group) is 1. The van der Waals surface area contributed by atoms with Gasteiger partial charge in [0.25, 0.3) is 5.91 Å². The van der Waals surface area contributed by atoms with Crippen LogP contribution in [-0.4, -0.2) is 100 Å². The molecule has 1 aliphatic carbocycles. The number of carbonyl (C=O) groups is 5. The minimum absolute atomic E-state index is 0.147. The molecule has 0 aromatic rings. The molecule has 0 saturated carbocycles. The fourth-order valence-corrected chi connectivity index (χ4v) is 5.49. The van der Waals surface area contributed by atoms with Crippen molar-refractivity contribution in [1.82, 2.24) is 15.5 Å². The van der Waals surface area contributed by atoms with Crippen molar-refractivity contribution in [2.75, 3.05) is 41.4 Å². The van der Waals surface area contributed by atoms with Crippen molar-refractivity contribution < 1.29 is 42.9 Å². The summed E-state index contributed by atoms with van der Waals surface area (Å²) in [6, 6.07) is 0. The molecule has 2 bridgehead atoms. The Hall–Kier alpha value is -4.27. The first-order valence-electron chi connectivity index (χ1n) is 15.3. The molecule has 0 radical (unpaired) electrons. The lowest BCUT2D eigenvalue weighted by Gasteiger charge is -2.32. The van der Waals surface area contributed by atoms with E-state index in [0.29, 0.717) is 25.1 Å². The summed E-state index contributed by atoms with van der Waals surface area (Å²) in [6.07, 6.45) is 2.45. The van der Waals surface area contributed by atoms with Gasteiger partial charge in [-0.3, -0.25) is 14.4 Å². The summed E-state index contributed by atoms with van der Waals surface area (Å²) in [5.74, 6) is -2.31. The van der Waals surface area contributed by atoms with Gasteiger partial charge in [-0.2, -0.15) is 0 Å². The predicted molar refractivity (Wildman–Crippen MR) is 175 cm³/mol. The fraction of sp³-hybridized carbons (Fsp3) is 0.545. The maximum Gasteiger partial charge on any atom is 0.405 e. The van der Waals surface area contributed by atoms with Crippen molar-refractivity contribution in [2.45, 2.75) is 65.0 Å². The summed E-state index contributed by atoms with van der Waals surface area (Å²) in [7, 11) is 6.66. The lowest BCUT2D eigenvalue weighted by Crippen LogP contribution is -2.41. The molecule has 2 rings (SSSR count). The number of allylic oxidation sites excluding steroid dienone is 4. The fourth-order valence-electron chi connectivity index (χ4n) is 5.49. The Labute approximate surface area is 276 Å². The van der Waals surface area contributed by atoms with Gasteiger partial charge in [0, 0.05) is 50.4 Å². The van der Waals surface area contributed by atoms with Crippen LogP contribution in [0.5, 0.6) is 0 Å². The zero-order valence-electron chi connectivity index (χ0n) is 28.5. The minimum Gasteiger partial charge on any atom is -0.443 e. The first-order chi connectivity index (χ1) is 22.1. The van der Waals surface area contributed by atoms with Gasteiger partial charge in [-0.15, -0.1) is 0 Å². The van der Waals surface area contributed by atoms with Crippen LogP contribution in [0.15, 0.2) is 58.5 Å². The Morgan fingerprint density at radius 2 is 1.70 bits per heavy atom. The second-order valence-electron chi connectivity index (χ2n) is 12.1. The molecule has 0 aromatic heterocycles. The average molecular weight is 660 g/mol. The number of ether oxygens (including phenoxy) is 4. The van der Waals surface area contributed by atoms with E-state index in [0.717, 1.165) is 6.08 Å². The molecule has 1 aliphatic heterocycles. The predicted octanol–water partition coefficient (Wildman–Crippen LogP) is 2.02. The molecule has 0 saturated heterocycles. The standard InChI is InChI=1S/C33H49N5O9/c1-18-14-22-27(36-12-13-38(5)6)24(39)17-23(28(22)40)37-31(41)19(2)10-9-11-25(44-7)29(46-32(34)42)20(3)16-21(4)30(47-33(35)43)26(15-18)45-8/h9-11,16-18,21,25-26,29-30,36H,12-15H2,1-8H3,(H2,34,42)(H2,35,43)(H,37,41)/b11-9-,19-10+,20-16+/t18-,21+,25+,26+,29+,30-/m0/s1. The number of rotatable bonds is 8. The topological polar surface area (TPSA) is 202 Å². The van der Waals surface area contributed by atoms with Gasteiger partial charge in [0.2, 0.25) is 11.6 Å². The lowest BCUT2D eigenvalue weighted by atomic mass is 9.85. The number of nitrogens with two attached hydrogens (primary N) is 2. The Morgan fingerprint density at radius 3 is 2.28 bits per heavy atom. The molecular weight excluding hydrogens is 610 g/mol.